The summed E-state index contributed by atoms with van der Waals surface area (Å²) in [5.41, 5.74) is 2.94. The number of imidazole rings is 1. The van der Waals surface area contributed by atoms with Crippen molar-refractivity contribution < 1.29 is 4.79 Å². The van der Waals surface area contributed by atoms with Gasteiger partial charge in [-0.1, -0.05) is 0 Å². The molecule has 2 aromatic heterocycles. The number of nitrogens with one attached hydrogen (secondary N) is 1. The summed E-state index contributed by atoms with van der Waals surface area (Å²) in [7, 11) is 2.02. The zero-order valence-electron chi connectivity index (χ0n) is 13.5. The van der Waals surface area contributed by atoms with Gasteiger partial charge in [-0.2, -0.15) is 5.10 Å². The standard InChI is InChI=1S/C16H23N5O/c1-11-14(12(2)19-18-11)9-15(22)21-7-4-5-13(10-21)16-17-6-8-20(16)3/h6,8,13H,4-5,7,9-10H2,1-3H3,(H,18,19). The molecular weight excluding hydrogens is 278 g/mol. The van der Waals surface area contributed by atoms with Crippen molar-refractivity contribution in [2.75, 3.05) is 13.1 Å². The van der Waals surface area contributed by atoms with Gasteiger partial charge in [0.15, 0.2) is 0 Å². The molecule has 3 rings (SSSR count). The van der Waals surface area contributed by atoms with Crippen molar-refractivity contribution >= 4 is 5.91 Å². The molecule has 1 unspecified atom stereocenters. The molecule has 1 aliphatic heterocycles. The number of likely N-dealkylation sites (tertiary alicyclic amines) is 1. The van der Waals surface area contributed by atoms with E-state index in [1.54, 1.807) is 0 Å². The summed E-state index contributed by atoms with van der Waals surface area (Å²) in [5.74, 6) is 1.60. The molecule has 1 fully saturated rings. The molecule has 0 aromatic carbocycles. The molecule has 0 saturated carbocycles. The van der Waals surface area contributed by atoms with Crippen molar-refractivity contribution in [3.05, 3.63) is 35.2 Å². The Labute approximate surface area is 130 Å². The smallest absolute Gasteiger partial charge is 0.227 e. The number of hydrogen-bond donors (Lipinski definition) is 1. The highest BCUT2D eigenvalue weighted by Gasteiger charge is 2.27. The maximum atomic E-state index is 12.6. The van der Waals surface area contributed by atoms with Gasteiger partial charge in [0.25, 0.3) is 0 Å². The average Bonchev–Trinajstić information content (AvgIpc) is 3.08. The maximum Gasteiger partial charge on any atom is 0.227 e. The lowest BCUT2D eigenvalue weighted by Gasteiger charge is -2.32. The lowest BCUT2D eigenvalue weighted by molar-refractivity contribution is -0.131. The molecule has 1 aliphatic rings. The SMILES string of the molecule is Cc1n[nH]c(C)c1CC(=O)N1CCCC(c2nccn2C)C1. The molecule has 0 radical (unpaired) electrons. The Kier molecular flexibility index (Phi) is 4.00. The molecule has 6 nitrogen and oxygen atoms in total. The monoisotopic (exact) mass is 301 g/mol. The molecule has 1 N–H and O–H groups in total. The summed E-state index contributed by atoms with van der Waals surface area (Å²) >= 11 is 0. The van der Waals surface area contributed by atoms with E-state index < -0.39 is 0 Å². The predicted octanol–water partition coefficient (Wildman–Crippen LogP) is 1.71. The third-order valence-corrected chi connectivity index (χ3v) is 4.61. The Morgan fingerprint density at radius 3 is 2.91 bits per heavy atom. The van der Waals surface area contributed by atoms with E-state index in [1.165, 1.54) is 0 Å². The van der Waals surface area contributed by atoms with Gasteiger partial charge in [-0.05, 0) is 26.7 Å². The molecule has 0 spiro atoms. The molecule has 22 heavy (non-hydrogen) atoms. The summed E-state index contributed by atoms with van der Waals surface area (Å²) in [4.78, 5) is 19.1. The number of carbonyl (C=O) groups is 1. The van der Waals surface area contributed by atoms with Crippen LogP contribution < -0.4 is 0 Å². The van der Waals surface area contributed by atoms with E-state index in [0.717, 1.165) is 48.7 Å². The van der Waals surface area contributed by atoms with E-state index in [-0.39, 0.29) is 5.91 Å². The zero-order valence-corrected chi connectivity index (χ0v) is 13.5. The van der Waals surface area contributed by atoms with Crippen LogP contribution in [-0.4, -0.2) is 43.6 Å². The molecule has 1 atom stereocenters. The quantitative estimate of drug-likeness (QED) is 0.938. The Morgan fingerprint density at radius 1 is 1.45 bits per heavy atom. The van der Waals surface area contributed by atoms with E-state index in [2.05, 4.69) is 19.7 Å². The van der Waals surface area contributed by atoms with Gasteiger partial charge < -0.3 is 9.47 Å². The highest BCUT2D eigenvalue weighted by molar-refractivity contribution is 5.79. The zero-order chi connectivity index (χ0) is 15.7. The minimum Gasteiger partial charge on any atom is -0.342 e. The fraction of sp³-hybridized carbons (Fsp3) is 0.562. The van der Waals surface area contributed by atoms with Crippen molar-refractivity contribution in [3.8, 4) is 0 Å². The molecule has 1 saturated heterocycles. The number of nitrogens with zero attached hydrogens (tertiary/aromatic N) is 4. The lowest BCUT2D eigenvalue weighted by Crippen LogP contribution is -2.40. The van der Waals surface area contributed by atoms with Gasteiger partial charge in [0, 0.05) is 49.7 Å². The molecular formula is C16H23N5O. The van der Waals surface area contributed by atoms with Crippen LogP contribution in [-0.2, 0) is 18.3 Å². The summed E-state index contributed by atoms with van der Waals surface area (Å²) in [6, 6.07) is 0. The van der Waals surface area contributed by atoms with Gasteiger partial charge >= 0.3 is 0 Å². The average molecular weight is 301 g/mol. The number of aromatic amines is 1. The molecule has 0 bridgehead atoms. The van der Waals surface area contributed by atoms with Gasteiger partial charge in [0.2, 0.25) is 5.91 Å². The summed E-state index contributed by atoms with van der Waals surface area (Å²) < 4.78 is 2.06. The van der Waals surface area contributed by atoms with Crippen LogP contribution in [0.4, 0.5) is 0 Å². The Morgan fingerprint density at radius 2 is 2.27 bits per heavy atom. The fourth-order valence-corrected chi connectivity index (χ4v) is 3.28. The second-order valence-electron chi connectivity index (χ2n) is 6.16. The van der Waals surface area contributed by atoms with E-state index in [1.807, 2.05) is 38.2 Å². The Balaban J connectivity index is 1.69. The molecule has 0 aliphatic carbocycles. The van der Waals surface area contributed by atoms with Crippen LogP contribution >= 0.6 is 0 Å². The van der Waals surface area contributed by atoms with Crippen LogP contribution in [0.1, 0.15) is 41.5 Å². The predicted molar refractivity (Wildman–Crippen MR) is 83.5 cm³/mol. The van der Waals surface area contributed by atoms with Crippen molar-refractivity contribution in [3.63, 3.8) is 0 Å². The minimum absolute atomic E-state index is 0.187. The number of aromatic nitrogens is 4. The fourth-order valence-electron chi connectivity index (χ4n) is 3.28. The maximum absolute atomic E-state index is 12.6. The number of amides is 1. The normalized spacial score (nSPS) is 18.7. The van der Waals surface area contributed by atoms with Gasteiger partial charge in [-0.15, -0.1) is 0 Å². The van der Waals surface area contributed by atoms with Crippen LogP contribution in [0.3, 0.4) is 0 Å². The number of hydrogen-bond acceptors (Lipinski definition) is 3. The van der Waals surface area contributed by atoms with Gasteiger partial charge in [-0.3, -0.25) is 9.89 Å². The summed E-state index contributed by atoms with van der Waals surface area (Å²) in [6.45, 7) is 5.52. The first-order valence-corrected chi connectivity index (χ1v) is 7.81. The third-order valence-electron chi connectivity index (χ3n) is 4.61. The first-order valence-electron chi connectivity index (χ1n) is 7.81. The topological polar surface area (TPSA) is 66.8 Å². The van der Waals surface area contributed by atoms with Crippen molar-refractivity contribution in [2.24, 2.45) is 7.05 Å². The van der Waals surface area contributed by atoms with E-state index in [0.29, 0.717) is 12.3 Å². The largest absolute Gasteiger partial charge is 0.342 e. The molecule has 1 amide bonds. The van der Waals surface area contributed by atoms with Crippen LogP contribution in [0, 0.1) is 13.8 Å². The molecule has 6 heteroatoms. The van der Waals surface area contributed by atoms with Gasteiger partial charge in [-0.25, -0.2) is 4.98 Å². The van der Waals surface area contributed by atoms with Crippen LogP contribution in [0.5, 0.6) is 0 Å². The lowest BCUT2D eigenvalue weighted by atomic mass is 9.96. The third kappa shape index (κ3) is 2.77. The highest BCUT2D eigenvalue weighted by Crippen LogP contribution is 2.26. The number of rotatable bonds is 3. The van der Waals surface area contributed by atoms with E-state index in [4.69, 9.17) is 0 Å². The summed E-state index contributed by atoms with van der Waals surface area (Å²) in [5, 5.41) is 7.12. The first kappa shape index (κ1) is 14.8. The number of aryl methyl sites for hydroxylation is 3. The first-order chi connectivity index (χ1) is 10.6. The van der Waals surface area contributed by atoms with Crippen LogP contribution in [0.25, 0.3) is 0 Å². The summed E-state index contributed by atoms with van der Waals surface area (Å²) in [6.07, 6.45) is 6.36. The van der Waals surface area contributed by atoms with E-state index in [9.17, 15) is 4.79 Å². The minimum atomic E-state index is 0.187. The van der Waals surface area contributed by atoms with Crippen molar-refractivity contribution in [1.29, 1.82) is 0 Å². The van der Waals surface area contributed by atoms with E-state index >= 15 is 0 Å². The molecule has 3 heterocycles. The van der Waals surface area contributed by atoms with Crippen molar-refractivity contribution in [2.45, 2.75) is 39.0 Å². The Hall–Kier alpha value is -2.11. The van der Waals surface area contributed by atoms with Crippen LogP contribution in [0.2, 0.25) is 0 Å². The highest BCUT2D eigenvalue weighted by atomic mass is 16.2. The molecule has 2 aromatic rings. The second kappa shape index (κ2) is 5.94. The van der Waals surface area contributed by atoms with Crippen molar-refractivity contribution in [1.82, 2.24) is 24.6 Å². The number of H-pyrrole nitrogens is 1. The molecule has 118 valence electrons. The van der Waals surface area contributed by atoms with Gasteiger partial charge in [0.1, 0.15) is 5.82 Å². The van der Waals surface area contributed by atoms with Crippen LogP contribution in [0.15, 0.2) is 12.4 Å². The second-order valence-corrected chi connectivity index (χ2v) is 6.16. The van der Waals surface area contributed by atoms with Gasteiger partial charge in [0.05, 0.1) is 12.1 Å². The number of piperidine rings is 1. The number of carbonyl (C=O) groups excluding carboxylic acids is 1. The Bertz CT molecular complexity index is 652.